The highest BCUT2D eigenvalue weighted by atomic mass is 35.5. The van der Waals surface area contributed by atoms with Gasteiger partial charge in [0.25, 0.3) is 0 Å². The number of benzene rings is 2. The fraction of sp³-hybridized carbons (Fsp3) is 0.0667. The van der Waals surface area contributed by atoms with E-state index in [1.54, 1.807) is 36.4 Å². The summed E-state index contributed by atoms with van der Waals surface area (Å²) in [6.07, 6.45) is 0. The van der Waals surface area contributed by atoms with Gasteiger partial charge in [-0.1, -0.05) is 23.7 Å². The summed E-state index contributed by atoms with van der Waals surface area (Å²) in [7, 11) is 0. The normalized spacial score (nSPS) is 9.80. The van der Waals surface area contributed by atoms with Crippen molar-refractivity contribution < 1.29 is 9.53 Å². The maximum absolute atomic E-state index is 11.9. The Labute approximate surface area is 121 Å². The third kappa shape index (κ3) is 3.28. The van der Waals surface area contributed by atoms with Gasteiger partial charge in [-0.05, 0) is 35.9 Å². The van der Waals surface area contributed by atoms with E-state index in [-0.39, 0.29) is 12.2 Å². The van der Waals surface area contributed by atoms with Crippen molar-refractivity contribution >= 4 is 23.3 Å². The molecule has 5 heteroatoms. The van der Waals surface area contributed by atoms with Crippen LogP contribution >= 0.6 is 11.6 Å². The van der Waals surface area contributed by atoms with Crippen molar-refractivity contribution in [2.24, 2.45) is 0 Å². The molecule has 0 aliphatic heterocycles. The average molecular weight is 287 g/mol. The molecular formula is C15H11ClN2O2. The molecule has 0 radical (unpaired) electrons. The van der Waals surface area contributed by atoms with Crippen molar-refractivity contribution in [2.45, 2.75) is 6.61 Å². The van der Waals surface area contributed by atoms with Gasteiger partial charge in [-0.2, -0.15) is 5.26 Å². The minimum absolute atomic E-state index is 0.108. The summed E-state index contributed by atoms with van der Waals surface area (Å²) in [5, 5.41) is 9.11. The van der Waals surface area contributed by atoms with Gasteiger partial charge in [-0.3, -0.25) is 0 Å². The predicted octanol–water partition coefficient (Wildman–Crippen LogP) is 3.15. The minimum Gasteiger partial charge on any atom is -0.457 e. The number of halogens is 1. The summed E-state index contributed by atoms with van der Waals surface area (Å²) in [5.74, 6) is -0.533. The second kappa shape index (κ2) is 6.09. The van der Waals surface area contributed by atoms with Gasteiger partial charge in [0, 0.05) is 10.7 Å². The van der Waals surface area contributed by atoms with Crippen molar-refractivity contribution in [3.05, 3.63) is 64.2 Å². The van der Waals surface area contributed by atoms with Crippen LogP contribution in [-0.2, 0) is 11.3 Å². The number of anilines is 1. The summed E-state index contributed by atoms with van der Waals surface area (Å²) in [4.78, 5) is 11.9. The second-order valence-corrected chi connectivity index (χ2v) is 4.55. The average Bonchev–Trinajstić information content (AvgIpc) is 2.47. The first kappa shape index (κ1) is 13.9. The molecule has 0 aromatic heterocycles. The Bertz CT molecular complexity index is 675. The highest BCUT2D eigenvalue weighted by molar-refractivity contribution is 6.31. The zero-order valence-corrected chi connectivity index (χ0v) is 11.2. The number of nitrogen functional groups attached to an aromatic ring is 1. The molecule has 20 heavy (non-hydrogen) atoms. The van der Waals surface area contributed by atoms with E-state index >= 15 is 0 Å². The van der Waals surface area contributed by atoms with Gasteiger partial charge in [0.1, 0.15) is 6.61 Å². The van der Waals surface area contributed by atoms with Crippen molar-refractivity contribution in [3.8, 4) is 6.07 Å². The number of carbonyl (C=O) groups excluding carboxylic acids is 1. The highest BCUT2D eigenvalue weighted by Gasteiger charge is 2.12. The number of hydrogen-bond acceptors (Lipinski definition) is 4. The van der Waals surface area contributed by atoms with E-state index in [1.165, 1.54) is 6.07 Å². The molecule has 0 atom stereocenters. The summed E-state index contributed by atoms with van der Waals surface area (Å²) in [5.41, 5.74) is 7.61. The number of carbonyl (C=O) groups is 1. The summed E-state index contributed by atoms with van der Waals surface area (Å²) in [6.45, 7) is 0.108. The van der Waals surface area contributed by atoms with Crippen LogP contribution in [0.2, 0.25) is 5.02 Å². The lowest BCUT2D eigenvalue weighted by Crippen LogP contribution is -2.08. The molecule has 2 aromatic rings. The quantitative estimate of drug-likeness (QED) is 0.694. The predicted molar refractivity (Wildman–Crippen MR) is 76.1 cm³/mol. The number of nitrogens with zero attached hydrogens (tertiary/aromatic N) is 1. The molecule has 0 spiro atoms. The van der Waals surface area contributed by atoms with Crippen LogP contribution in [0.1, 0.15) is 21.5 Å². The van der Waals surface area contributed by atoms with Crippen molar-refractivity contribution in [3.63, 3.8) is 0 Å². The number of hydrogen-bond donors (Lipinski definition) is 1. The topological polar surface area (TPSA) is 76.1 Å². The highest BCUT2D eigenvalue weighted by Crippen LogP contribution is 2.19. The zero-order chi connectivity index (χ0) is 14.5. The van der Waals surface area contributed by atoms with Gasteiger partial charge in [0.2, 0.25) is 0 Å². The van der Waals surface area contributed by atoms with Crippen molar-refractivity contribution in [1.29, 1.82) is 5.26 Å². The van der Waals surface area contributed by atoms with Gasteiger partial charge < -0.3 is 10.5 Å². The van der Waals surface area contributed by atoms with Gasteiger partial charge in [0.15, 0.2) is 0 Å². The Morgan fingerprint density at radius 2 is 1.95 bits per heavy atom. The van der Waals surface area contributed by atoms with Gasteiger partial charge in [-0.15, -0.1) is 0 Å². The maximum atomic E-state index is 11.9. The monoisotopic (exact) mass is 286 g/mol. The SMILES string of the molecule is N#Cc1ccc(COC(=O)c2cc(Cl)ccc2N)cc1. The largest absolute Gasteiger partial charge is 0.457 e. The Balaban J connectivity index is 2.04. The Morgan fingerprint density at radius 1 is 1.25 bits per heavy atom. The van der Waals surface area contributed by atoms with E-state index in [1.807, 2.05) is 6.07 Å². The van der Waals surface area contributed by atoms with Crippen LogP contribution in [0.5, 0.6) is 0 Å². The van der Waals surface area contributed by atoms with Gasteiger partial charge in [-0.25, -0.2) is 4.79 Å². The smallest absolute Gasteiger partial charge is 0.340 e. The van der Waals surface area contributed by atoms with Crippen LogP contribution in [0.25, 0.3) is 0 Å². The first-order valence-corrected chi connectivity index (χ1v) is 6.19. The standard InChI is InChI=1S/C15H11ClN2O2/c16-12-5-6-14(18)13(7-12)15(19)20-9-11-3-1-10(8-17)2-4-11/h1-7H,9,18H2. The van der Waals surface area contributed by atoms with E-state index in [2.05, 4.69) is 0 Å². The summed E-state index contributed by atoms with van der Waals surface area (Å²) >= 11 is 5.82. The molecular weight excluding hydrogens is 276 g/mol. The molecule has 0 heterocycles. The molecule has 0 bridgehead atoms. The van der Waals surface area contributed by atoms with Crippen molar-refractivity contribution in [2.75, 3.05) is 5.73 Å². The maximum Gasteiger partial charge on any atom is 0.340 e. The summed E-state index contributed by atoms with van der Waals surface area (Å²) in [6, 6.07) is 13.4. The molecule has 0 aliphatic rings. The molecule has 0 fully saturated rings. The third-order valence-corrected chi connectivity index (χ3v) is 2.92. The van der Waals surface area contributed by atoms with Gasteiger partial charge >= 0.3 is 5.97 Å². The molecule has 2 aromatic carbocycles. The van der Waals surface area contributed by atoms with E-state index in [0.717, 1.165) is 5.56 Å². The molecule has 0 unspecified atom stereocenters. The van der Waals surface area contributed by atoms with Crippen molar-refractivity contribution in [1.82, 2.24) is 0 Å². The van der Waals surface area contributed by atoms with Crippen LogP contribution in [0.3, 0.4) is 0 Å². The fourth-order valence-electron chi connectivity index (χ4n) is 1.61. The minimum atomic E-state index is -0.533. The molecule has 0 amide bonds. The fourth-order valence-corrected chi connectivity index (χ4v) is 1.78. The summed E-state index contributed by atoms with van der Waals surface area (Å²) < 4.78 is 5.16. The van der Waals surface area contributed by atoms with E-state index in [4.69, 9.17) is 27.3 Å². The number of rotatable bonds is 3. The molecule has 100 valence electrons. The Morgan fingerprint density at radius 3 is 2.60 bits per heavy atom. The lowest BCUT2D eigenvalue weighted by atomic mass is 10.1. The molecule has 0 saturated heterocycles. The Hall–Kier alpha value is -2.51. The molecule has 0 saturated carbocycles. The lowest BCUT2D eigenvalue weighted by molar-refractivity contribution is 0.0474. The number of nitrogens with two attached hydrogens (primary N) is 1. The van der Waals surface area contributed by atoms with Crippen LogP contribution in [-0.4, -0.2) is 5.97 Å². The molecule has 2 N–H and O–H groups in total. The third-order valence-electron chi connectivity index (χ3n) is 2.69. The van der Waals surface area contributed by atoms with Crippen LogP contribution in [0.4, 0.5) is 5.69 Å². The van der Waals surface area contributed by atoms with E-state index < -0.39 is 5.97 Å². The molecule has 0 aliphatic carbocycles. The second-order valence-electron chi connectivity index (χ2n) is 4.12. The van der Waals surface area contributed by atoms with Gasteiger partial charge in [0.05, 0.1) is 17.2 Å². The lowest BCUT2D eigenvalue weighted by Gasteiger charge is -2.07. The van der Waals surface area contributed by atoms with Crippen LogP contribution in [0.15, 0.2) is 42.5 Å². The zero-order valence-electron chi connectivity index (χ0n) is 10.5. The number of ether oxygens (including phenoxy) is 1. The van der Waals surface area contributed by atoms with Crippen LogP contribution < -0.4 is 5.73 Å². The van der Waals surface area contributed by atoms with E-state index in [0.29, 0.717) is 16.3 Å². The van der Waals surface area contributed by atoms with Crippen LogP contribution in [0, 0.1) is 11.3 Å². The first-order valence-electron chi connectivity index (χ1n) is 5.81. The number of esters is 1. The van der Waals surface area contributed by atoms with E-state index in [9.17, 15) is 4.79 Å². The molecule has 4 nitrogen and oxygen atoms in total. The number of nitriles is 1. The Kier molecular flexibility index (Phi) is 4.24. The first-order chi connectivity index (χ1) is 9.60. The molecule has 2 rings (SSSR count).